The van der Waals surface area contributed by atoms with Crippen LogP contribution in [-0.2, 0) is 6.54 Å². The van der Waals surface area contributed by atoms with Crippen LogP contribution in [0.3, 0.4) is 0 Å². The van der Waals surface area contributed by atoms with E-state index < -0.39 is 0 Å². The van der Waals surface area contributed by atoms with Gasteiger partial charge in [-0.1, -0.05) is 6.07 Å². The quantitative estimate of drug-likeness (QED) is 0.791. The van der Waals surface area contributed by atoms with Gasteiger partial charge in [-0.15, -0.1) is 12.4 Å². The number of methoxy groups -OCH3 is 4. The Bertz CT molecular complexity index is 740. The lowest BCUT2D eigenvalue weighted by Gasteiger charge is -2.33. The van der Waals surface area contributed by atoms with Gasteiger partial charge in [0.1, 0.15) is 5.75 Å². The first kappa shape index (κ1) is 20.2. The summed E-state index contributed by atoms with van der Waals surface area (Å²) >= 11 is 0. The maximum atomic E-state index is 5.52. The van der Waals surface area contributed by atoms with Gasteiger partial charge >= 0.3 is 0 Å². The number of ether oxygens (including phenoxy) is 4. The molecule has 0 spiro atoms. The zero-order chi connectivity index (χ0) is 18.0. The van der Waals surface area contributed by atoms with Gasteiger partial charge in [-0.3, -0.25) is 0 Å². The Labute approximate surface area is 161 Å². The summed E-state index contributed by atoms with van der Waals surface area (Å²) in [6.45, 7) is 1.84. The fraction of sp³-hybridized carbons (Fsp3) is 0.400. The molecule has 1 atom stereocenters. The minimum absolute atomic E-state index is 0. The smallest absolute Gasteiger partial charge is 0.203 e. The molecule has 1 aliphatic rings. The maximum absolute atomic E-state index is 5.52. The third kappa shape index (κ3) is 3.69. The second-order valence-electron chi connectivity index (χ2n) is 6.27. The maximum Gasteiger partial charge on any atom is 0.203 e. The van der Waals surface area contributed by atoms with E-state index in [-0.39, 0.29) is 18.3 Å². The van der Waals surface area contributed by atoms with E-state index in [2.05, 4.69) is 24.1 Å². The first-order valence-electron chi connectivity index (χ1n) is 8.26. The van der Waals surface area contributed by atoms with Gasteiger partial charge in [0, 0.05) is 19.0 Å². The first-order chi connectivity index (χ1) is 12.1. The molecular weight excluding hydrogens is 354 g/mol. The molecule has 1 heterocycles. The van der Waals surface area contributed by atoms with Crippen LogP contribution < -0.4 is 18.9 Å². The van der Waals surface area contributed by atoms with Crippen molar-refractivity contribution in [1.29, 1.82) is 0 Å². The molecule has 0 saturated carbocycles. The molecule has 1 unspecified atom stereocenters. The van der Waals surface area contributed by atoms with E-state index in [1.807, 2.05) is 18.2 Å². The van der Waals surface area contributed by atoms with E-state index in [0.717, 1.165) is 24.4 Å². The van der Waals surface area contributed by atoms with E-state index in [1.165, 1.54) is 11.1 Å². The van der Waals surface area contributed by atoms with Crippen LogP contribution in [0.4, 0.5) is 0 Å². The molecule has 26 heavy (non-hydrogen) atoms. The van der Waals surface area contributed by atoms with Crippen LogP contribution in [0.15, 0.2) is 30.3 Å². The number of likely N-dealkylation sites (N-methyl/N-ethyl adjacent to an activating group) is 1. The molecule has 142 valence electrons. The summed E-state index contributed by atoms with van der Waals surface area (Å²) in [7, 11) is 8.74. The van der Waals surface area contributed by atoms with Crippen molar-refractivity contribution in [2.45, 2.75) is 12.5 Å². The fourth-order valence-corrected chi connectivity index (χ4v) is 3.54. The van der Waals surface area contributed by atoms with Crippen molar-refractivity contribution in [3.63, 3.8) is 0 Å². The molecule has 0 saturated heterocycles. The zero-order valence-corrected chi connectivity index (χ0v) is 16.7. The predicted molar refractivity (Wildman–Crippen MR) is 105 cm³/mol. The zero-order valence-electron chi connectivity index (χ0n) is 15.9. The van der Waals surface area contributed by atoms with E-state index in [0.29, 0.717) is 17.2 Å². The van der Waals surface area contributed by atoms with Gasteiger partial charge in [0.25, 0.3) is 0 Å². The van der Waals surface area contributed by atoms with Crippen LogP contribution in [0.25, 0.3) is 0 Å². The van der Waals surface area contributed by atoms with Crippen LogP contribution in [0.5, 0.6) is 23.0 Å². The lowest BCUT2D eigenvalue weighted by atomic mass is 9.84. The number of nitrogens with zero attached hydrogens (tertiary/aromatic N) is 1. The Morgan fingerprint density at radius 1 is 0.885 bits per heavy atom. The summed E-state index contributed by atoms with van der Waals surface area (Å²) in [5, 5.41) is 0. The molecule has 5 nitrogen and oxygen atoms in total. The summed E-state index contributed by atoms with van der Waals surface area (Å²) in [5.41, 5.74) is 3.74. The van der Waals surface area contributed by atoms with Crippen LogP contribution >= 0.6 is 12.4 Å². The van der Waals surface area contributed by atoms with Crippen molar-refractivity contribution in [1.82, 2.24) is 4.90 Å². The number of rotatable bonds is 5. The SMILES string of the molecule is COc1ccc2c(c1)CN(C)CC2c1cc(OC)c(OC)c(OC)c1.Cl. The van der Waals surface area contributed by atoms with Gasteiger partial charge in [0.2, 0.25) is 5.75 Å². The molecule has 0 aromatic heterocycles. The van der Waals surface area contributed by atoms with Crippen molar-refractivity contribution >= 4 is 12.4 Å². The second kappa shape index (κ2) is 8.52. The van der Waals surface area contributed by atoms with Crippen molar-refractivity contribution in [3.8, 4) is 23.0 Å². The third-order valence-electron chi connectivity index (χ3n) is 4.75. The molecule has 6 heteroatoms. The van der Waals surface area contributed by atoms with Crippen LogP contribution in [-0.4, -0.2) is 46.9 Å². The topological polar surface area (TPSA) is 40.2 Å². The number of hydrogen-bond acceptors (Lipinski definition) is 5. The largest absolute Gasteiger partial charge is 0.497 e. The molecular formula is C20H26ClNO4. The molecule has 0 aliphatic carbocycles. The number of fused-ring (bicyclic) bond motifs is 1. The van der Waals surface area contributed by atoms with Gasteiger partial charge in [0.05, 0.1) is 28.4 Å². The van der Waals surface area contributed by atoms with Crippen molar-refractivity contribution in [2.75, 3.05) is 42.0 Å². The van der Waals surface area contributed by atoms with Crippen molar-refractivity contribution in [2.24, 2.45) is 0 Å². The van der Waals surface area contributed by atoms with Gasteiger partial charge in [0.15, 0.2) is 11.5 Å². The van der Waals surface area contributed by atoms with E-state index in [1.54, 1.807) is 28.4 Å². The van der Waals surface area contributed by atoms with Crippen LogP contribution in [0, 0.1) is 0 Å². The van der Waals surface area contributed by atoms with Gasteiger partial charge < -0.3 is 23.8 Å². The molecule has 3 rings (SSSR count). The fourth-order valence-electron chi connectivity index (χ4n) is 3.54. The van der Waals surface area contributed by atoms with Crippen LogP contribution in [0.2, 0.25) is 0 Å². The predicted octanol–water partition coefficient (Wildman–Crippen LogP) is 3.72. The van der Waals surface area contributed by atoms with Crippen molar-refractivity contribution in [3.05, 3.63) is 47.0 Å². The lowest BCUT2D eigenvalue weighted by Crippen LogP contribution is -2.31. The number of hydrogen-bond donors (Lipinski definition) is 0. The van der Waals surface area contributed by atoms with Crippen LogP contribution in [0.1, 0.15) is 22.6 Å². The standard InChI is InChI=1S/C20H25NO4.ClH/c1-21-11-14-8-15(22-2)6-7-16(14)17(12-21)13-9-18(23-3)20(25-5)19(10-13)24-4;/h6-10,17H,11-12H2,1-5H3;1H. The summed E-state index contributed by atoms with van der Waals surface area (Å²) in [6, 6.07) is 10.4. The second-order valence-corrected chi connectivity index (χ2v) is 6.27. The Kier molecular flexibility index (Phi) is 6.62. The Balaban J connectivity index is 0.00000243. The number of benzene rings is 2. The molecule has 0 N–H and O–H groups in total. The first-order valence-corrected chi connectivity index (χ1v) is 8.26. The molecule has 1 aliphatic heterocycles. The monoisotopic (exact) mass is 379 g/mol. The average molecular weight is 380 g/mol. The summed E-state index contributed by atoms with van der Waals surface area (Å²) in [6.07, 6.45) is 0. The Morgan fingerprint density at radius 3 is 2.08 bits per heavy atom. The molecule has 0 bridgehead atoms. The van der Waals surface area contributed by atoms with E-state index in [9.17, 15) is 0 Å². The number of halogens is 1. The highest BCUT2D eigenvalue weighted by molar-refractivity contribution is 5.85. The highest BCUT2D eigenvalue weighted by Crippen LogP contribution is 2.43. The minimum Gasteiger partial charge on any atom is -0.497 e. The Hall–Kier alpha value is -2.11. The average Bonchev–Trinajstić information content (AvgIpc) is 2.65. The van der Waals surface area contributed by atoms with E-state index >= 15 is 0 Å². The Morgan fingerprint density at radius 2 is 1.54 bits per heavy atom. The van der Waals surface area contributed by atoms with Gasteiger partial charge in [-0.05, 0) is 48.0 Å². The van der Waals surface area contributed by atoms with Gasteiger partial charge in [-0.25, -0.2) is 0 Å². The molecule has 2 aromatic carbocycles. The highest BCUT2D eigenvalue weighted by Gasteiger charge is 2.27. The third-order valence-corrected chi connectivity index (χ3v) is 4.75. The van der Waals surface area contributed by atoms with E-state index in [4.69, 9.17) is 18.9 Å². The summed E-state index contributed by atoms with van der Waals surface area (Å²) < 4.78 is 21.9. The summed E-state index contributed by atoms with van der Waals surface area (Å²) in [4.78, 5) is 2.32. The molecule has 2 aromatic rings. The lowest BCUT2D eigenvalue weighted by molar-refractivity contribution is 0.292. The van der Waals surface area contributed by atoms with Gasteiger partial charge in [-0.2, -0.15) is 0 Å². The molecule has 0 fully saturated rings. The summed E-state index contributed by atoms with van der Waals surface area (Å²) in [5.74, 6) is 3.10. The molecule has 0 amide bonds. The molecule has 0 radical (unpaired) electrons. The normalized spacial score (nSPS) is 16.3. The van der Waals surface area contributed by atoms with Crippen molar-refractivity contribution < 1.29 is 18.9 Å². The highest BCUT2D eigenvalue weighted by atomic mass is 35.5. The minimum atomic E-state index is 0.